The summed E-state index contributed by atoms with van der Waals surface area (Å²) in [5.41, 5.74) is 2.29. The molecule has 0 N–H and O–H groups in total. The molecule has 0 spiro atoms. The van der Waals surface area contributed by atoms with Gasteiger partial charge in [-0.15, -0.1) is 0 Å². The second-order valence-electron chi connectivity index (χ2n) is 5.30. The zero-order chi connectivity index (χ0) is 16.4. The second-order valence-corrected chi connectivity index (χ2v) is 5.30. The van der Waals surface area contributed by atoms with Crippen molar-refractivity contribution >= 4 is 18.1 Å². The van der Waals surface area contributed by atoms with Crippen LogP contribution in [0.3, 0.4) is 0 Å². The number of rotatable bonds is 3. The third-order valence-corrected chi connectivity index (χ3v) is 3.68. The van der Waals surface area contributed by atoms with Crippen molar-refractivity contribution in [2.45, 2.75) is 0 Å². The van der Waals surface area contributed by atoms with Gasteiger partial charge in [0.2, 0.25) is 6.79 Å². The molecule has 1 aliphatic heterocycles. The van der Waals surface area contributed by atoms with Crippen LogP contribution in [0.25, 0.3) is 12.2 Å². The number of nitrogens with zero attached hydrogens (tertiary/aromatic N) is 2. The van der Waals surface area contributed by atoms with Gasteiger partial charge in [-0.2, -0.15) is 5.10 Å². The highest BCUT2D eigenvalue weighted by molar-refractivity contribution is 5.96. The molecular formula is C19H14N2O3. The first-order valence-corrected chi connectivity index (χ1v) is 7.53. The third-order valence-electron chi connectivity index (χ3n) is 3.68. The van der Waals surface area contributed by atoms with Gasteiger partial charge < -0.3 is 9.47 Å². The van der Waals surface area contributed by atoms with Gasteiger partial charge in [0, 0.05) is 11.8 Å². The van der Waals surface area contributed by atoms with Crippen molar-refractivity contribution in [2.75, 3.05) is 6.79 Å². The number of hydrogen-bond donors (Lipinski definition) is 0. The van der Waals surface area contributed by atoms with Gasteiger partial charge in [0.05, 0.1) is 5.69 Å². The van der Waals surface area contributed by atoms with E-state index < -0.39 is 0 Å². The number of ether oxygens (including phenoxy) is 2. The van der Waals surface area contributed by atoms with Gasteiger partial charge in [-0.25, -0.2) is 4.68 Å². The van der Waals surface area contributed by atoms with Crippen LogP contribution in [0.1, 0.15) is 21.6 Å². The first kappa shape index (κ1) is 14.3. The molecule has 0 aliphatic carbocycles. The molecule has 0 atom stereocenters. The topological polar surface area (TPSA) is 53.4 Å². The average molecular weight is 318 g/mol. The van der Waals surface area contributed by atoms with Crippen LogP contribution in [-0.2, 0) is 0 Å². The standard InChI is InChI=1S/C19H14N2O3/c22-19(15-7-9-17-18(12-15)24-13-23-17)21-11-10-16(20-21)8-6-14-4-2-1-3-5-14/h1-12H,13H2/b8-6+. The molecule has 0 saturated heterocycles. The lowest BCUT2D eigenvalue weighted by molar-refractivity contribution is 0.0944. The summed E-state index contributed by atoms with van der Waals surface area (Å²) in [6.07, 6.45) is 5.48. The van der Waals surface area contributed by atoms with E-state index in [0.29, 0.717) is 22.8 Å². The lowest BCUT2D eigenvalue weighted by atomic mass is 10.2. The van der Waals surface area contributed by atoms with Gasteiger partial charge >= 0.3 is 0 Å². The van der Waals surface area contributed by atoms with Crippen LogP contribution in [0, 0.1) is 0 Å². The molecule has 0 unspecified atom stereocenters. The van der Waals surface area contributed by atoms with E-state index in [2.05, 4.69) is 5.10 Å². The molecule has 2 aromatic carbocycles. The minimum atomic E-state index is -0.215. The second kappa shape index (κ2) is 6.04. The van der Waals surface area contributed by atoms with E-state index in [4.69, 9.17) is 9.47 Å². The van der Waals surface area contributed by atoms with Crippen LogP contribution < -0.4 is 9.47 Å². The first-order valence-electron chi connectivity index (χ1n) is 7.53. The van der Waals surface area contributed by atoms with Gasteiger partial charge in [0.1, 0.15) is 0 Å². The highest BCUT2D eigenvalue weighted by Gasteiger charge is 2.17. The zero-order valence-corrected chi connectivity index (χ0v) is 12.8. The molecule has 1 aromatic heterocycles. The summed E-state index contributed by atoms with van der Waals surface area (Å²) < 4.78 is 11.9. The Hall–Kier alpha value is -3.34. The largest absolute Gasteiger partial charge is 0.454 e. The predicted octanol–water partition coefficient (Wildman–Crippen LogP) is 3.47. The van der Waals surface area contributed by atoms with Crippen LogP contribution >= 0.6 is 0 Å². The van der Waals surface area contributed by atoms with E-state index in [0.717, 1.165) is 5.56 Å². The van der Waals surface area contributed by atoms with E-state index in [1.54, 1.807) is 30.5 Å². The average Bonchev–Trinajstić information content (AvgIpc) is 3.29. The van der Waals surface area contributed by atoms with Crippen molar-refractivity contribution in [3.05, 3.63) is 77.6 Å². The molecule has 0 saturated carbocycles. The third kappa shape index (κ3) is 2.79. The molecule has 5 nitrogen and oxygen atoms in total. The van der Waals surface area contributed by atoms with Crippen molar-refractivity contribution in [3.63, 3.8) is 0 Å². The van der Waals surface area contributed by atoms with Crippen molar-refractivity contribution in [2.24, 2.45) is 0 Å². The smallest absolute Gasteiger partial charge is 0.278 e. The molecule has 118 valence electrons. The maximum absolute atomic E-state index is 12.5. The Kier molecular flexibility index (Phi) is 3.59. The Morgan fingerprint density at radius 3 is 2.71 bits per heavy atom. The van der Waals surface area contributed by atoms with Crippen molar-refractivity contribution in [1.82, 2.24) is 9.78 Å². The van der Waals surface area contributed by atoms with Crippen molar-refractivity contribution < 1.29 is 14.3 Å². The van der Waals surface area contributed by atoms with Gasteiger partial charge in [0.25, 0.3) is 5.91 Å². The van der Waals surface area contributed by atoms with Gasteiger partial charge in [0.15, 0.2) is 11.5 Å². The van der Waals surface area contributed by atoms with Gasteiger partial charge in [-0.1, -0.05) is 36.4 Å². The number of fused-ring (bicyclic) bond motifs is 1. The van der Waals surface area contributed by atoms with E-state index in [1.165, 1.54) is 4.68 Å². The minimum Gasteiger partial charge on any atom is -0.454 e. The number of carbonyl (C=O) groups is 1. The number of aromatic nitrogens is 2. The van der Waals surface area contributed by atoms with Crippen molar-refractivity contribution in [1.29, 1.82) is 0 Å². The summed E-state index contributed by atoms with van der Waals surface area (Å²) in [6, 6.07) is 16.8. The lowest BCUT2D eigenvalue weighted by Crippen LogP contribution is -2.12. The molecule has 1 aliphatic rings. The SMILES string of the molecule is O=C(c1ccc2c(c1)OCO2)n1ccc(/C=C/c2ccccc2)n1. The predicted molar refractivity (Wildman–Crippen MR) is 89.9 cm³/mol. The molecule has 0 bridgehead atoms. The summed E-state index contributed by atoms with van der Waals surface area (Å²) in [5, 5.41) is 4.30. The highest BCUT2D eigenvalue weighted by atomic mass is 16.7. The fourth-order valence-electron chi connectivity index (χ4n) is 2.45. The van der Waals surface area contributed by atoms with Gasteiger partial charge in [-0.3, -0.25) is 4.79 Å². The fourth-order valence-corrected chi connectivity index (χ4v) is 2.45. The number of hydrogen-bond acceptors (Lipinski definition) is 4. The zero-order valence-electron chi connectivity index (χ0n) is 12.8. The van der Waals surface area contributed by atoms with E-state index in [1.807, 2.05) is 42.5 Å². The molecule has 5 heteroatoms. The quantitative estimate of drug-likeness (QED) is 0.742. The monoisotopic (exact) mass is 318 g/mol. The van der Waals surface area contributed by atoms with Gasteiger partial charge in [-0.05, 0) is 35.9 Å². The van der Waals surface area contributed by atoms with Crippen LogP contribution in [0.2, 0.25) is 0 Å². The number of carbonyl (C=O) groups excluding carboxylic acids is 1. The minimum absolute atomic E-state index is 0.184. The Balaban J connectivity index is 1.54. The molecular weight excluding hydrogens is 304 g/mol. The molecule has 0 amide bonds. The van der Waals surface area contributed by atoms with Crippen LogP contribution in [-0.4, -0.2) is 22.5 Å². The molecule has 24 heavy (non-hydrogen) atoms. The van der Waals surface area contributed by atoms with Crippen LogP contribution in [0.5, 0.6) is 11.5 Å². The first-order chi connectivity index (χ1) is 11.8. The molecule has 2 heterocycles. The van der Waals surface area contributed by atoms with E-state index >= 15 is 0 Å². The van der Waals surface area contributed by atoms with E-state index in [-0.39, 0.29) is 12.7 Å². The normalized spacial score (nSPS) is 12.7. The number of benzene rings is 2. The maximum atomic E-state index is 12.5. The fraction of sp³-hybridized carbons (Fsp3) is 0.0526. The van der Waals surface area contributed by atoms with E-state index in [9.17, 15) is 4.79 Å². The van der Waals surface area contributed by atoms with Crippen LogP contribution in [0.15, 0.2) is 60.8 Å². The maximum Gasteiger partial charge on any atom is 0.278 e. The Labute approximate surface area is 138 Å². The lowest BCUT2D eigenvalue weighted by Gasteiger charge is -2.02. The summed E-state index contributed by atoms with van der Waals surface area (Å²) in [4.78, 5) is 12.5. The molecule has 3 aromatic rings. The molecule has 4 rings (SSSR count). The van der Waals surface area contributed by atoms with Crippen molar-refractivity contribution in [3.8, 4) is 11.5 Å². The summed E-state index contributed by atoms with van der Waals surface area (Å²) in [6.45, 7) is 0.184. The highest BCUT2D eigenvalue weighted by Crippen LogP contribution is 2.32. The van der Waals surface area contributed by atoms with Crippen LogP contribution in [0.4, 0.5) is 0 Å². The summed E-state index contributed by atoms with van der Waals surface area (Å²) >= 11 is 0. The Bertz CT molecular complexity index is 913. The summed E-state index contributed by atoms with van der Waals surface area (Å²) in [7, 11) is 0. The summed E-state index contributed by atoms with van der Waals surface area (Å²) in [5.74, 6) is 1.02. The molecule has 0 fully saturated rings. The Morgan fingerprint density at radius 1 is 1.00 bits per heavy atom. The Morgan fingerprint density at radius 2 is 1.83 bits per heavy atom. The molecule has 0 radical (unpaired) electrons.